The zero-order chi connectivity index (χ0) is 13.8. The molecule has 5 nitrogen and oxygen atoms in total. The number of thiophene rings is 1. The summed E-state index contributed by atoms with van der Waals surface area (Å²) < 4.78 is 11.3. The third kappa shape index (κ3) is 2.91. The SMILES string of the molecule is CCOc1cc(N2CCO[C@@H](c3cccs3)C2)ncn1. The maximum absolute atomic E-state index is 5.85. The van der Waals surface area contributed by atoms with Crippen LogP contribution in [0.2, 0.25) is 0 Å². The van der Waals surface area contributed by atoms with E-state index in [1.807, 2.05) is 13.0 Å². The van der Waals surface area contributed by atoms with Gasteiger partial charge in [0, 0.05) is 17.5 Å². The van der Waals surface area contributed by atoms with Crippen molar-refractivity contribution in [3.05, 3.63) is 34.8 Å². The highest BCUT2D eigenvalue weighted by Gasteiger charge is 2.23. The molecule has 3 rings (SSSR count). The molecule has 0 unspecified atom stereocenters. The average Bonchev–Trinajstić information content (AvgIpc) is 3.02. The van der Waals surface area contributed by atoms with Gasteiger partial charge in [-0.25, -0.2) is 9.97 Å². The molecule has 106 valence electrons. The largest absolute Gasteiger partial charge is 0.478 e. The first-order chi connectivity index (χ1) is 9.86. The number of ether oxygens (including phenoxy) is 2. The minimum atomic E-state index is 0.120. The van der Waals surface area contributed by atoms with Gasteiger partial charge in [0.2, 0.25) is 5.88 Å². The Bertz CT molecular complexity index is 547. The molecule has 0 radical (unpaired) electrons. The van der Waals surface area contributed by atoms with E-state index in [0.29, 0.717) is 19.1 Å². The lowest BCUT2D eigenvalue weighted by Gasteiger charge is -2.33. The highest BCUT2D eigenvalue weighted by Crippen LogP contribution is 2.28. The summed E-state index contributed by atoms with van der Waals surface area (Å²) in [6.45, 7) is 4.91. The third-order valence-corrected chi connectivity index (χ3v) is 4.14. The highest BCUT2D eigenvalue weighted by molar-refractivity contribution is 7.10. The summed E-state index contributed by atoms with van der Waals surface area (Å²) in [6.07, 6.45) is 1.67. The molecule has 1 aliphatic rings. The van der Waals surface area contributed by atoms with E-state index in [9.17, 15) is 0 Å². The van der Waals surface area contributed by atoms with E-state index in [2.05, 4.69) is 32.4 Å². The summed E-state index contributed by atoms with van der Waals surface area (Å²) >= 11 is 1.73. The van der Waals surface area contributed by atoms with Crippen molar-refractivity contribution in [2.24, 2.45) is 0 Å². The fraction of sp³-hybridized carbons (Fsp3) is 0.429. The van der Waals surface area contributed by atoms with E-state index < -0.39 is 0 Å². The normalized spacial score (nSPS) is 19.1. The fourth-order valence-electron chi connectivity index (χ4n) is 2.23. The maximum atomic E-state index is 5.85. The first-order valence-electron chi connectivity index (χ1n) is 6.71. The van der Waals surface area contributed by atoms with Gasteiger partial charge in [-0.1, -0.05) is 6.07 Å². The van der Waals surface area contributed by atoms with Crippen LogP contribution in [0.1, 0.15) is 17.9 Å². The molecule has 0 saturated carbocycles. The van der Waals surface area contributed by atoms with E-state index >= 15 is 0 Å². The standard InChI is InChI=1S/C14H17N3O2S/c1-2-18-14-8-13(15-10-16-14)17-5-6-19-11(9-17)12-4-3-7-20-12/h3-4,7-8,10-11H,2,5-6,9H2,1H3/t11-/m1/s1. The number of rotatable bonds is 4. The summed E-state index contributed by atoms with van der Waals surface area (Å²) in [5, 5.41) is 2.08. The molecule has 2 aromatic rings. The Labute approximate surface area is 122 Å². The van der Waals surface area contributed by atoms with Gasteiger partial charge in [0.05, 0.1) is 19.8 Å². The van der Waals surface area contributed by atoms with Crippen LogP contribution in [-0.4, -0.2) is 36.3 Å². The monoisotopic (exact) mass is 291 g/mol. The maximum Gasteiger partial charge on any atom is 0.218 e. The van der Waals surface area contributed by atoms with Gasteiger partial charge in [-0.05, 0) is 18.4 Å². The van der Waals surface area contributed by atoms with Crippen molar-refractivity contribution in [1.82, 2.24) is 9.97 Å². The number of anilines is 1. The molecule has 0 bridgehead atoms. The van der Waals surface area contributed by atoms with Gasteiger partial charge in [0.1, 0.15) is 18.2 Å². The van der Waals surface area contributed by atoms with Gasteiger partial charge < -0.3 is 14.4 Å². The number of nitrogens with zero attached hydrogens (tertiary/aromatic N) is 3. The lowest BCUT2D eigenvalue weighted by Crippen LogP contribution is -2.38. The van der Waals surface area contributed by atoms with Gasteiger partial charge in [-0.2, -0.15) is 0 Å². The van der Waals surface area contributed by atoms with Gasteiger partial charge in [0.25, 0.3) is 0 Å². The number of morpholine rings is 1. The minimum Gasteiger partial charge on any atom is -0.478 e. The Kier molecular flexibility index (Phi) is 4.13. The van der Waals surface area contributed by atoms with Crippen LogP contribution in [0.5, 0.6) is 5.88 Å². The Morgan fingerprint density at radius 3 is 3.25 bits per heavy atom. The van der Waals surface area contributed by atoms with E-state index in [4.69, 9.17) is 9.47 Å². The second-order valence-electron chi connectivity index (χ2n) is 4.47. The van der Waals surface area contributed by atoms with Crippen LogP contribution >= 0.6 is 11.3 Å². The highest BCUT2D eigenvalue weighted by atomic mass is 32.1. The molecule has 6 heteroatoms. The van der Waals surface area contributed by atoms with Crippen molar-refractivity contribution in [1.29, 1.82) is 0 Å². The Balaban J connectivity index is 1.74. The first-order valence-corrected chi connectivity index (χ1v) is 7.59. The molecular weight excluding hydrogens is 274 g/mol. The van der Waals surface area contributed by atoms with Crippen molar-refractivity contribution in [2.45, 2.75) is 13.0 Å². The molecule has 3 heterocycles. The van der Waals surface area contributed by atoms with Crippen LogP contribution in [-0.2, 0) is 4.74 Å². The molecule has 1 aliphatic heterocycles. The van der Waals surface area contributed by atoms with Gasteiger partial charge in [0.15, 0.2) is 0 Å². The van der Waals surface area contributed by atoms with Crippen molar-refractivity contribution in [3.63, 3.8) is 0 Å². The van der Waals surface area contributed by atoms with Crippen LogP contribution in [0.25, 0.3) is 0 Å². The second-order valence-corrected chi connectivity index (χ2v) is 5.45. The third-order valence-electron chi connectivity index (χ3n) is 3.17. The molecule has 0 spiro atoms. The van der Waals surface area contributed by atoms with Crippen LogP contribution in [0.4, 0.5) is 5.82 Å². The molecule has 0 N–H and O–H groups in total. The van der Waals surface area contributed by atoms with E-state index in [1.54, 1.807) is 17.7 Å². The Hall–Kier alpha value is -1.66. The molecule has 0 aliphatic carbocycles. The van der Waals surface area contributed by atoms with Crippen LogP contribution in [0.3, 0.4) is 0 Å². The zero-order valence-electron chi connectivity index (χ0n) is 11.4. The van der Waals surface area contributed by atoms with Gasteiger partial charge >= 0.3 is 0 Å². The quantitative estimate of drug-likeness (QED) is 0.866. The number of hydrogen-bond donors (Lipinski definition) is 0. The molecule has 0 amide bonds. The van der Waals surface area contributed by atoms with Crippen molar-refractivity contribution in [2.75, 3.05) is 31.2 Å². The fourth-order valence-corrected chi connectivity index (χ4v) is 3.00. The van der Waals surface area contributed by atoms with E-state index in [1.165, 1.54) is 4.88 Å². The van der Waals surface area contributed by atoms with Gasteiger partial charge in [-0.15, -0.1) is 11.3 Å². The average molecular weight is 291 g/mol. The molecule has 1 saturated heterocycles. The van der Waals surface area contributed by atoms with Crippen molar-refractivity contribution >= 4 is 17.2 Å². The summed E-state index contributed by atoms with van der Waals surface area (Å²) in [5.74, 6) is 1.52. The second kappa shape index (κ2) is 6.19. The lowest BCUT2D eigenvalue weighted by molar-refractivity contribution is 0.0418. The summed E-state index contributed by atoms with van der Waals surface area (Å²) in [7, 11) is 0. The minimum absolute atomic E-state index is 0.120. The van der Waals surface area contributed by atoms with Gasteiger partial charge in [-0.3, -0.25) is 0 Å². The molecular formula is C14H17N3O2S. The van der Waals surface area contributed by atoms with Crippen LogP contribution in [0, 0.1) is 0 Å². The zero-order valence-corrected chi connectivity index (χ0v) is 12.2. The van der Waals surface area contributed by atoms with Crippen LogP contribution < -0.4 is 9.64 Å². The van der Waals surface area contributed by atoms with Crippen molar-refractivity contribution in [3.8, 4) is 5.88 Å². The van der Waals surface area contributed by atoms with E-state index in [0.717, 1.165) is 18.9 Å². The molecule has 0 aromatic carbocycles. The molecule has 1 atom stereocenters. The molecule has 20 heavy (non-hydrogen) atoms. The van der Waals surface area contributed by atoms with E-state index in [-0.39, 0.29) is 6.10 Å². The molecule has 1 fully saturated rings. The Morgan fingerprint density at radius 2 is 2.45 bits per heavy atom. The lowest BCUT2D eigenvalue weighted by atomic mass is 10.2. The number of aromatic nitrogens is 2. The first kappa shape index (κ1) is 13.3. The number of hydrogen-bond acceptors (Lipinski definition) is 6. The smallest absolute Gasteiger partial charge is 0.218 e. The Morgan fingerprint density at radius 1 is 1.50 bits per heavy atom. The molecule has 2 aromatic heterocycles. The van der Waals surface area contributed by atoms with Crippen molar-refractivity contribution < 1.29 is 9.47 Å². The predicted molar refractivity (Wildman–Crippen MR) is 78.4 cm³/mol. The van der Waals surface area contributed by atoms with Crippen LogP contribution in [0.15, 0.2) is 29.9 Å². The predicted octanol–water partition coefficient (Wildman–Crippen LogP) is 2.51. The summed E-state index contributed by atoms with van der Waals surface area (Å²) in [6, 6.07) is 6.06. The topological polar surface area (TPSA) is 47.5 Å². The summed E-state index contributed by atoms with van der Waals surface area (Å²) in [5.41, 5.74) is 0. The summed E-state index contributed by atoms with van der Waals surface area (Å²) in [4.78, 5) is 11.9.